The fourth-order valence-electron chi connectivity index (χ4n) is 3.20. The molecule has 3 rings (SSSR count). The van der Waals surface area contributed by atoms with Gasteiger partial charge in [0.15, 0.2) is 0 Å². The molecule has 0 atom stereocenters. The maximum Gasteiger partial charge on any atom is 0.270 e. The number of rotatable bonds is 6. The third-order valence-corrected chi connectivity index (χ3v) is 5.07. The van der Waals surface area contributed by atoms with Crippen molar-refractivity contribution in [1.29, 1.82) is 0 Å². The molecule has 0 unspecified atom stereocenters. The molecule has 0 bridgehead atoms. The Morgan fingerprint density at radius 2 is 1.93 bits per heavy atom. The Labute approximate surface area is 167 Å². The van der Waals surface area contributed by atoms with Gasteiger partial charge in [0, 0.05) is 38.2 Å². The minimum absolute atomic E-state index is 0.0508. The van der Waals surface area contributed by atoms with Crippen LogP contribution in [-0.4, -0.2) is 34.7 Å². The van der Waals surface area contributed by atoms with Crippen molar-refractivity contribution in [2.24, 2.45) is 0 Å². The Morgan fingerprint density at radius 3 is 2.68 bits per heavy atom. The van der Waals surface area contributed by atoms with Gasteiger partial charge in [0.05, 0.1) is 15.5 Å². The lowest BCUT2D eigenvalue weighted by Crippen LogP contribution is -2.36. The maximum atomic E-state index is 12.4. The highest BCUT2D eigenvalue weighted by Crippen LogP contribution is 2.22. The minimum atomic E-state index is -0.581. The summed E-state index contributed by atoms with van der Waals surface area (Å²) in [5.41, 5.74) is 2.31. The second kappa shape index (κ2) is 8.84. The quantitative estimate of drug-likeness (QED) is 0.456. The predicted molar refractivity (Wildman–Crippen MR) is 105 cm³/mol. The second-order valence-electron chi connectivity index (χ2n) is 6.61. The highest BCUT2D eigenvalue weighted by molar-refractivity contribution is 6.33. The number of nitro benzene ring substituents is 1. The number of nitrogens with one attached hydrogen (secondary N) is 1. The topological polar surface area (TPSA) is 92.6 Å². The van der Waals surface area contributed by atoms with Crippen LogP contribution in [0.5, 0.6) is 0 Å². The average molecular weight is 402 g/mol. The van der Waals surface area contributed by atoms with Gasteiger partial charge in [-0.3, -0.25) is 19.7 Å². The molecule has 1 aliphatic rings. The largest absolute Gasteiger partial charge is 0.352 e. The van der Waals surface area contributed by atoms with E-state index in [2.05, 4.69) is 11.4 Å². The zero-order valence-electron chi connectivity index (χ0n) is 15.2. The third kappa shape index (κ3) is 4.67. The van der Waals surface area contributed by atoms with Gasteiger partial charge in [0.2, 0.25) is 5.91 Å². The van der Waals surface area contributed by atoms with Gasteiger partial charge < -0.3 is 10.2 Å². The monoisotopic (exact) mass is 401 g/mol. The summed E-state index contributed by atoms with van der Waals surface area (Å²) in [6.07, 6.45) is 1.66. The molecule has 1 heterocycles. The third-order valence-electron chi connectivity index (χ3n) is 4.74. The number of carbonyl (C=O) groups excluding carboxylic acids is 2. The van der Waals surface area contributed by atoms with Crippen molar-refractivity contribution in [2.45, 2.75) is 25.8 Å². The molecule has 7 nitrogen and oxygen atoms in total. The lowest BCUT2D eigenvalue weighted by Gasteiger charge is -2.29. The molecule has 1 aliphatic heterocycles. The number of nitrogens with zero attached hydrogens (tertiary/aromatic N) is 2. The molecule has 0 fully saturated rings. The van der Waals surface area contributed by atoms with E-state index >= 15 is 0 Å². The van der Waals surface area contributed by atoms with Crippen LogP contribution in [0.2, 0.25) is 5.02 Å². The van der Waals surface area contributed by atoms with Crippen LogP contribution < -0.4 is 5.32 Å². The number of amides is 2. The normalized spacial score (nSPS) is 13.0. The SMILES string of the molecule is O=C(NCCCC(=O)N1CCc2ccccc2C1)c1cc([N+](=O)[O-])ccc1Cl. The first-order valence-corrected chi connectivity index (χ1v) is 9.40. The summed E-state index contributed by atoms with van der Waals surface area (Å²) in [4.78, 5) is 36.7. The standard InChI is InChI=1S/C20H20ClN3O4/c21-18-8-7-16(24(27)28)12-17(18)20(26)22-10-3-6-19(25)23-11-9-14-4-1-2-5-15(14)13-23/h1-2,4-5,7-8,12H,3,6,9-11,13H2,(H,22,26). The van der Waals surface area contributed by atoms with Crippen molar-refractivity contribution in [3.05, 3.63) is 74.3 Å². The van der Waals surface area contributed by atoms with Crippen molar-refractivity contribution in [1.82, 2.24) is 10.2 Å². The van der Waals surface area contributed by atoms with E-state index in [1.54, 1.807) is 0 Å². The molecule has 2 aromatic rings. The van der Waals surface area contributed by atoms with Crippen LogP contribution in [0.3, 0.4) is 0 Å². The second-order valence-corrected chi connectivity index (χ2v) is 7.02. The van der Waals surface area contributed by atoms with Gasteiger partial charge in [-0.1, -0.05) is 35.9 Å². The van der Waals surface area contributed by atoms with Crippen molar-refractivity contribution in [3.8, 4) is 0 Å². The van der Waals surface area contributed by atoms with E-state index < -0.39 is 10.8 Å². The van der Waals surface area contributed by atoms with E-state index in [4.69, 9.17) is 11.6 Å². The first-order valence-electron chi connectivity index (χ1n) is 9.02. The molecule has 2 aromatic carbocycles. The number of benzene rings is 2. The Balaban J connectivity index is 1.47. The van der Waals surface area contributed by atoms with Crippen molar-refractivity contribution >= 4 is 29.1 Å². The Morgan fingerprint density at radius 1 is 1.18 bits per heavy atom. The first-order chi connectivity index (χ1) is 13.5. The number of carbonyl (C=O) groups is 2. The van der Waals surface area contributed by atoms with Crippen molar-refractivity contribution < 1.29 is 14.5 Å². The number of halogens is 1. The number of hydrogen-bond donors (Lipinski definition) is 1. The fourth-order valence-corrected chi connectivity index (χ4v) is 3.41. The fraction of sp³-hybridized carbons (Fsp3) is 0.300. The Kier molecular flexibility index (Phi) is 6.26. The Hall–Kier alpha value is -2.93. The van der Waals surface area contributed by atoms with Gasteiger partial charge in [-0.25, -0.2) is 0 Å². The van der Waals surface area contributed by atoms with Gasteiger partial charge in [-0.15, -0.1) is 0 Å². The molecule has 2 amide bonds. The molecule has 0 aromatic heterocycles. The number of hydrogen-bond acceptors (Lipinski definition) is 4. The van der Waals surface area contributed by atoms with Crippen LogP contribution in [0.4, 0.5) is 5.69 Å². The van der Waals surface area contributed by atoms with E-state index in [0.29, 0.717) is 25.9 Å². The molecule has 0 saturated heterocycles. The number of fused-ring (bicyclic) bond motifs is 1. The summed E-state index contributed by atoms with van der Waals surface area (Å²) < 4.78 is 0. The van der Waals surface area contributed by atoms with Crippen LogP contribution >= 0.6 is 11.6 Å². The van der Waals surface area contributed by atoms with E-state index in [-0.39, 0.29) is 28.7 Å². The molecule has 28 heavy (non-hydrogen) atoms. The molecule has 0 radical (unpaired) electrons. The lowest BCUT2D eigenvalue weighted by atomic mass is 9.99. The minimum Gasteiger partial charge on any atom is -0.352 e. The maximum absolute atomic E-state index is 12.4. The van der Waals surface area contributed by atoms with Crippen molar-refractivity contribution in [3.63, 3.8) is 0 Å². The lowest BCUT2D eigenvalue weighted by molar-refractivity contribution is -0.384. The molecule has 8 heteroatoms. The average Bonchev–Trinajstić information content (AvgIpc) is 2.70. The predicted octanol–water partition coefficient (Wildman–Crippen LogP) is 3.34. The molecule has 0 spiro atoms. The molecule has 1 N–H and O–H groups in total. The zero-order chi connectivity index (χ0) is 20.1. The van der Waals surface area contributed by atoms with E-state index in [1.807, 2.05) is 23.1 Å². The summed E-state index contributed by atoms with van der Waals surface area (Å²) in [6.45, 7) is 1.60. The molecule has 0 aliphatic carbocycles. The van der Waals surface area contributed by atoms with Gasteiger partial charge in [-0.05, 0) is 30.0 Å². The Bertz CT molecular complexity index is 916. The summed E-state index contributed by atoms with van der Waals surface area (Å²) in [5, 5.41) is 13.6. The molecule has 146 valence electrons. The van der Waals surface area contributed by atoms with E-state index in [9.17, 15) is 19.7 Å². The summed E-state index contributed by atoms with van der Waals surface area (Å²) in [6, 6.07) is 11.8. The summed E-state index contributed by atoms with van der Waals surface area (Å²) in [7, 11) is 0. The van der Waals surface area contributed by atoms with Gasteiger partial charge in [0.25, 0.3) is 11.6 Å². The highest BCUT2D eigenvalue weighted by atomic mass is 35.5. The summed E-state index contributed by atoms with van der Waals surface area (Å²) in [5.74, 6) is -0.440. The molecular formula is C20H20ClN3O4. The van der Waals surface area contributed by atoms with E-state index in [1.165, 1.54) is 23.3 Å². The van der Waals surface area contributed by atoms with Gasteiger partial charge in [0.1, 0.15) is 0 Å². The van der Waals surface area contributed by atoms with E-state index in [0.717, 1.165) is 12.5 Å². The summed E-state index contributed by atoms with van der Waals surface area (Å²) >= 11 is 5.96. The number of nitro groups is 1. The smallest absolute Gasteiger partial charge is 0.270 e. The number of non-ortho nitro benzene ring substituents is 1. The van der Waals surface area contributed by atoms with Crippen LogP contribution in [0, 0.1) is 10.1 Å². The van der Waals surface area contributed by atoms with Crippen LogP contribution in [0.25, 0.3) is 0 Å². The van der Waals surface area contributed by atoms with Crippen LogP contribution in [0.15, 0.2) is 42.5 Å². The zero-order valence-corrected chi connectivity index (χ0v) is 15.9. The molecule has 0 saturated carbocycles. The highest BCUT2D eigenvalue weighted by Gasteiger charge is 2.20. The molecular weight excluding hydrogens is 382 g/mol. The van der Waals surface area contributed by atoms with Gasteiger partial charge in [-0.2, -0.15) is 0 Å². The van der Waals surface area contributed by atoms with Crippen LogP contribution in [-0.2, 0) is 17.8 Å². The van der Waals surface area contributed by atoms with Crippen LogP contribution in [0.1, 0.15) is 34.3 Å². The first kappa shape index (κ1) is 19.8. The van der Waals surface area contributed by atoms with Crippen molar-refractivity contribution in [2.75, 3.05) is 13.1 Å². The van der Waals surface area contributed by atoms with Gasteiger partial charge >= 0.3 is 0 Å².